The zero-order chi connectivity index (χ0) is 11.1. The van der Waals surface area contributed by atoms with Crippen molar-refractivity contribution in [3.8, 4) is 0 Å². The molecular formula is C9H13N3O3. The van der Waals surface area contributed by atoms with Crippen LogP contribution in [0.4, 0.5) is 5.82 Å². The minimum absolute atomic E-state index is 0.134. The molecule has 0 aromatic carbocycles. The quantitative estimate of drug-likeness (QED) is 0.579. The predicted octanol–water partition coefficient (Wildman–Crippen LogP) is -1.26. The highest BCUT2D eigenvalue weighted by Crippen LogP contribution is 2.54. The SMILES string of the molecule is Nc1ccn(C2CC2(CO)CO)c(=O)n1. The summed E-state index contributed by atoms with van der Waals surface area (Å²) in [6.07, 6.45) is 2.13. The molecule has 0 radical (unpaired) electrons. The minimum atomic E-state index is -0.568. The van der Waals surface area contributed by atoms with Gasteiger partial charge in [0.25, 0.3) is 0 Å². The van der Waals surface area contributed by atoms with Crippen molar-refractivity contribution < 1.29 is 10.2 Å². The average molecular weight is 211 g/mol. The molecule has 0 aliphatic heterocycles. The third-order valence-corrected chi connectivity index (χ3v) is 2.96. The van der Waals surface area contributed by atoms with Crippen LogP contribution in [0.3, 0.4) is 0 Å². The third kappa shape index (κ3) is 1.51. The Kier molecular flexibility index (Phi) is 2.24. The Morgan fingerprint density at radius 3 is 2.73 bits per heavy atom. The first-order valence-corrected chi connectivity index (χ1v) is 4.69. The molecule has 0 saturated heterocycles. The largest absolute Gasteiger partial charge is 0.396 e. The smallest absolute Gasteiger partial charge is 0.349 e. The molecule has 6 nitrogen and oxygen atoms in total. The summed E-state index contributed by atoms with van der Waals surface area (Å²) in [5, 5.41) is 18.2. The molecule has 1 aliphatic rings. The number of nitrogens with zero attached hydrogens (tertiary/aromatic N) is 2. The summed E-state index contributed by atoms with van der Waals surface area (Å²) in [5.74, 6) is 0.176. The lowest BCUT2D eigenvalue weighted by molar-refractivity contribution is 0.122. The van der Waals surface area contributed by atoms with E-state index in [4.69, 9.17) is 15.9 Å². The highest BCUT2D eigenvalue weighted by Gasteiger charge is 2.55. The molecule has 4 N–H and O–H groups in total. The summed E-state index contributed by atoms with van der Waals surface area (Å²) in [6.45, 7) is -0.268. The van der Waals surface area contributed by atoms with Crippen molar-refractivity contribution in [2.45, 2.75) is 12.5 Å². The number of aliphatic hydroxyl groups is 2. The molecule has 1 fully saturated rings. The van der Waals surface area contributed by atoms with Gasteiger partial charge in [-0.1, -0.05) is 0 Å². The van der Waals surface area contributed by atoms with Gasteiger partial charge in [-0.15, -0.1) is 0 Å². The van der Waals surface area contributed by atoms with Crippen molar-refractivity contribution in [2.75, 3.05) is 18.9 Å². The fraction of sp³-hybridized carbons (Fsp3) is 0.556. The van der Waals surface area contributed by atoms with E-state index in [0.717, 1.165) is 0 Å². The van der Waals surface area contributed by atoms with Gasteiger partial charge in [0.15, 0.2) is 0 Å². The van der Waals surface area contributed by atoms with Crippen molar-refractivity contribution in [1.82, 2.24) is 9.55 Å². The van der Waals surface area contributed by atoms with Gasteiger partial charge in [0.05, 0.1) is 13.2 Å². The van der Waals surface area contributed by atoms with E-state index in [9.17, 15) is 4.79 Å². The van der Waals surface area contributed by atoms with Crippen molar-refractivity contribution >= 4 is 5.82 Å². The lowest BCUT2D eigenvalue weighted by Crippen LogP contribution is -2.26. The number of hydrogen-bond donors (Lipinski definition) is 3. The van der Waals surface area contributed by atoms with Crippen LogP contribution in [0, 0.1) is 5.41 Å². The topological polar surface area (TPSA) is 101 Å². The van der Waals surface area contributed by atoms with Gasteiger partial charge in [0.2, 0.25) is 0 Å². The Morgan fingerprint density at radius 2 is 2.27 bits per heavy atom. The molecule has 1 aliphatic carbocycles. The van der Waals surface area contributed by atoms with Gasteiger partial charge in [-0.05, 0) is 12.5 Å². The van der Waals surface area contributed by atoms with Gasteiger partial charge >= 0.3 is 5.69 Å². The molecule has 1 saturated carbocycles. The number of hydrogen-bond acceptors (Lipinski definition) is 5. The maximum Gasteiger partial charge on any atom is 0.349 e. The molecule has 1 atom stereocenters. The van der Waals surface area contributed by atoms with Crippen molar-refractivity contribution in [2.24, 2.45) is 5.41 Å². The van der Waals surface area contributed by atoms with Gasteiger partial charge in [0, 0.05) is 17.7 Å². The number of nitrogens with two attached hydrogens (primary N) is 1. The molecule has 1 aromatic heterocycles. The number of rotatable bonds is 3. The van der Waals surface area contributed by atoms with E-state index in [-0.39, 0.29) is 25.1 Å². The molecule has 0 amide bonds. The standard InChI is InChI=1S/C9H13N3O3/c10-7-1-2-12(8(15)11-7)6-3-9(6,4-13)5-14/h1-2,6,13-14H,3-5H2,(H2,10,11,15). The summed E-state index contributed by atoms with van der Waals surface area (Å²) in [4.78, 5) is 15.0. The Hall–Kier alpha value is -1.40. The van der Waals surface area contributed by atoms with E-state index in [1.807, 2.05) is 0 Å². The average Bonchev–Trinajstić information content (AvgIpc) is 2.93. The first-order chi connectivity index (χ1) is 7.13. The molecule has 1 heterocycles. The van der Waals surface area contributed by atoms with Crippen LogP contribution >= 0.6 is 0 Å². The zero-order valence-electron chi connectivity index (χ0n) is 8.13. The minimum Gasteiger partial charge on any atom is -0.396 e. The van der Waals surface area contributed by atoms with E-state index < -0.39 is 11.1 Å². The highest BCUT2D eigenvalue weighted by molar-refractivity contribution is 5.24. The second-order valence-corrected chi connectivity index (χ2v) is 3.94. The highest BCUT2D eigenvalue weighted by atomic mass is 16.3. The number of nitrogen functional groups attached to an aromatic ring is 1. The molecule has 0 bridgehead atoms. The molecule has 15 heavy (non-hydrogen) atoms. The molecule has 0 spiro atoms. The first-order valence-electron chi connectivity index (χ1n) is 4.69. The van der Waals surface area contributed by atoms with E-state index in [1.54, 1.807) is 6.20 Å². The Bertz CT molecular complexity index is 425. The third-order valence-electron chi connectivity index (χ3n) is 2.96. The van der Waals surface area contributed by atoms with E-state index in [2.05, 4.69) is 4.98 Å². The van der Waals surface area contributed by atoms with E-state index >= 15 is 0 Å². The lowest BCUT2D eigenvalue weighted by atomic mass is 10.1. The Labute approximate surface area is 86.0 Å². The van der Waals surface area contributed by atoms with Crippen LogP contribution in [0.2, 0.25) is 0 Å². The monoisotopic (exact) mass is 211 g/mol. The van der Waals surface area contributed by atoms with Crippen LogP contribution in [0.15, 0.2) is 17.1 Å². The van der Waals surface area contributed by atoms with Crippen molar-refractivity contribution in [3.63, 3.8) is 0 Å². The summed E-state index contributed by atoms with van der Waals surface area (Å²) >= 11 is 0. The lowest BCUT2D eigenvalue weighted by Gasteiger charge is -2.11. The van der Waals surface area contributed by atoms with Crippen LogP contribution in [-0.2, 0) is 0 Å². The first kappa shape index (κ1) is 10.1. The van der Waals surface area contributed by atoms with Crippen LogP contribution in [-0.4, -0.2) is 33.0 Å². The number of aromatic nitrogens is 2. The number of anilines is 1. The van der Waals surface area contributed by atoms with Crippen LogP contribution in [0.5, 0.6) is 0 Å². The van der Waals surface area contributed by atoms with Gasteiger partial charge in [-0.3, -0.25) is 4.57 Å². The van der Waals surface area contributed by atoms with E-state index in [0.29, 0.717) is 6.42 Å². The maximum atomic E-state index is 11.4. The van der Waals surface area contributed by atoms with Crippen LogP contribution < -0.4 is 11.4 Å². The zero-order valence-corrected chi connectivity index (χ0v) is 8.13. The van der Waals surface area contributed by atoms with Crippen molar-refractivity contribution in [3.05, 3.63) is 22.7 Å². The van der Waals surface area contributed by atoms with Gasteiger partial charge < -0.3 is 15.9 Å². The summed E-state index contributed by atoms with van der Waals surface area (Å²) in [7, 11) is 0. The molecule has 1 unspecified atom stereocenters. The molecule has 6 heteroatoms. The van der Waals surface area contributed by atoms with Gasteiger partial charge in [-0.25, -0.2) is 4.79 Å². The Morgan fingerprint density at radius 1 is 1.60 bits per heavy atom. The molecular weight excluding hydrogens is 198 g/mol. The van der Waals surface area contributed by atoms with Crippen molar-refractivity contribution in [1.29, 1.82) is 0 Å². The summed E-state index contributed by atoms with van der Waals surface area (Å²) in [5.41, 5.74) is 4.35. The fourth-order valence-electron chi connectivity index (χ4n) is 1.77. The predicted molar refractivity (Wildman–Crippen MR) is 53.2 cm³/mol. The number of aliphatic hydroxyl groups excluding tert-OH is 2. The molecule has 1 aromatic rings. The summed E-state index contributed by atoms with van der Waals surface area (Å²) in [6, 6.07) is 1.35. The maximum absolute atomic E-state index is 11.4. The van der Waals surface area contributed by atoms with Crippen LogP contribution in [0.1, 0.15) is 12.5 Å². The molecule has 82 valence electrons. The van der Waals surface area contributed by atoms with Gasteiger partial charge in [0.1, 0.15) is 5.82 Å². The second kappa shape index (κ2) is 3.32. The van der Waals surface area contributed by atoms with Gasteiger partial charge in [-0.2, -0.15) is 4.98 Å². The van der Waals surface area contributed by atoms with Crippen LogP contribution in [0.25, 0.3) is 0 Å². The van der Waals surface area contributed by atoms with E-state index in [1.165, 1.54) is 10.6 Å². The second-order valence-electron chi connectivity index (χ2n) is 3.94. The fourth-order valence-corrected chi connectivity index (χ4v) is 1.77. The normalized spacial score (nSPS) is 22.7. The summed E-state index contributed by atoms with van der Waals surface area (Å²) < 4.78 is 1.41. The molecule has 2 rings (SSSR count). The Balaban J connectivity index is 2.30.